The lowest BCUT2D eigenvalue weighted by Gasteiger charge is -2.26. The van der Waals surface area contributed by atoms with Crippen molar-refractivity contribution in [3.8, 4) is 11.8 Å². The first-order chi connectivity index (χ1) is 15.8. The van der Waals surface area contributed by atoms with Crippen molar-refractivity contribution in [2.75, 3.05) is 22.9 Å². The normalized spacial score (nSPS) is 10.9. The summed E-state index contributed by atoms with van der Waals surface area (Å²) >= 11 is 12.6. The molecule has 0 atom stereocenters. The van der Waals surface area contributed by atoms with Crippen molar-refractivity contribution < 1.29 is 4.39 Å². The topological polar surface area (TPSA) is 153 Å². The Labute approximate surface area is 195 Å². The Kier molecular flexibility index (Phi) is 5.71. The smallest absolute Gasteiger partial charge is 0.269 e. The Morgan fingerprint density at radius 1 is 1.18 bits per heavy atom. The van der Waals surface area contributed by atoms with Gasteiger partial charge in [0.05, 0.1) is 39.0 Å². The molecule has 0 aliphatic heterocycles. The third-order valence-corrected chi connectivity index (χ3v) is 5.34. The van der Waals surface area contributed by atoms with Crippen molar-refractivity contribution >= 4 is 57.6 Å². The number of fused-ring (bicyclic) bond motifs is 1. The predicted octanol–water partition coefficient (Wildman–Crippen LogP) is 3.21. The van der Waals surface area contributed by atoms with Crippen molar-refractivity contribution in [1.29, 1.82) is 5.26 Å². The van der Waals surface area contributed by atoms with Crippen LogP contribution < -0.4 is 21.9 Å². The Bertz CT molecular complexity index is 1520. The Balaban J connectivity index is 2.17. The third kappa shape index (κ3) is 3.75. The van der Waals surface area contributed by atoms with Gasteiger partial charge in [-0.1, -0.05) is 23.2 Å². The van der Waals surface area contributed by atoms with Gasteiger partial charge in [0.2, 0.25) is 11.9 Å². The monoisotopic (exact) mass is 485 g/mol. The van der Waals surface area contributed by atoms with Crippen molar-refractivity contribution in [2.45, 2.75) is 6.92 Å². The molecule has 166 valence electrons. The number of nitriles is 1. The van der Waals surface area contributed by atoms with Crippen molar-refractivity contribution in [1.82, 2.24) is 24.5 Å². The number of hydrogen-bond donors (Lipinski definition) is 2. The second kappa shape index (κ2) is 8.50. The fourth-order valence-electron chi connectivity index (χ4n) is 3.31. The largest absolute Gasteiger partial charge is 0.382 e. The summed E-state index contributed by atoms with van der Waals surface area (Å²) in [6.07, 6.45) is 2.27. The van der Waals surface area contributed by atoms with Gasteiger partial charge in [0.15, 0.2) is 5.82 Å². The molecule has 0 aliphatic rings. The first-order valence-corrected chi connectivity index (χ1v) is 10.1. The van der Waals surface area contributed by atoms with Crippen LogP contribution in [0.5, 0.6) is 0 Å². The molecule has 4 N–H and O–H groups in total. The maximum absolute atomic E-state index is 14.0. The van der Waals surface area contributed by atoms with E-state index in [4.69, 9.17) is 34.7 Å². The summed E-state index contributed by atoms with van der Waals surface area (Å²) in [5.74, 6) is -1.06. The van der Waals surface area contributed by atoms with Gasteiger partial charge < -0.3 is 11.5 Å². The van der Waals surface area contributed by atoms with E-state index < -0.39 is 11.4 Å². The number of hydrogen-bond acceptors (Lipinski definition) is 9. The lowest BCUT2D eigenvalue weighted by atomic mass is 10.2. The minimum atomic E-state index is -0.682. The summed E-state index contributed by atoms with van der Waals surface area (Å²) < 4.78 is 15.1. The number of benzene rings is 1. The molecule has 0 fully saturated rings. The molecular weight excluding hydrogens is 472 g/mol. The van der Waals surface area contributed by atoms with E-state index in [0.717, 1.165) is 16.8 Å². The number of nitrogen functional groups attached to an aromatic ring is 2. The summed E-state index contributed by atoms with van der Waals surface area (Å²) in [6.45, 7) is 1.88. The van der Waals surface area contributed by atoms with Crippen LogP contribution in [0.2, 0.25) is 10.0 Å². The highest BCUT2D eigenvalue weighted by Crippen LogP contribution is 2.33. The van der Waals surface area contributed by atoms with Crippen LogP contribution in [0.15, 0.2) is 35.4 Å². The van der Waals surface area contributed by atoms with Crippen LogP contribution in [0.3, 0.4) is 0 Å². The highest BCUT2D eigenvalue weighted by atomic mass is 35.5. The van der Waals surface area contributed by atoms with E-state index in [1.54, 1.807) is 6.92 Å². The standard InChI is InChI=1S/C20H14Cl2FN9O/c1-2-31(17-11(6-24)16(25)29-19(26)30-17)20-28-15-13(22)4-3-12(21)14(15)18(33)32(20)10-5-9(23)7-27-8-10/h3-5,7-8H,2H2,1H3,(H4,25,26,29,30). The van der Waals surface area contributed by atoms with Crippen LogP contribution in [0.4, 0.5) is 27.9 Å². The van der Waals surface area contributed by atoms with E-state index in [2.05, 4.69) is 19.9 Å². The second-order valence-electron chi connectivity index (χ2n) is 6.69. The van der Waals surface area contributed by atoms with Gasteiger partial charge in [-0.25, -0.2) is 13.9 Å². The molecule has 13 heteroatoms. The summed E-state index contributed by atoms with van der Waals surface area (Å²) in [7, 11) is 0. The Morgan fingerprint density at radius 2 is 1.91 bits per heavy atom. The van der Waals surface area contributed by atoms with Crippen LogP contribution in [0.25, 0.3) is 16.6 Å². The molecule has 0 saturated heterocycles. The summed E-state index contributed by atoms with van der Waals surface area (Å²) in [4.78, 5) is 31.4. The zero-order valence-electron chi connectivity index (χ0n) is 16.9. The van der Waals surface area contributed by atoms with Gasteiger partial charge in [0, 0.05) is 12.6 Å². The van der Waals surface area contributed by atoms with E-state index >= 15 is 0 Å². The van der Waals surface area contributed by atoms with E-state index in [0.29, 0.717) is 0 Å². The molecule has 3 aromatic heterocycles. The molecule has 4 rings (SSSR count). The molecule has 0 amide bonds. The van der Waals surface area contributed by atoms with Gasteiger partial charge in [-0.15, -0.1) is 0 Å². The van der Waals surface area contributed by atoms with Gasteiger partial charge in [-0.05, 0) is 19.1 Å². The first kappa shape index (κ1) is 22.2. The number of rotatable bonds is 4. The summed E-state index contributed by atoms with van der Waals surface area (Å²) in [5, 5.41) is 9.94. The molecule has 10 nitrogen and oxygen atoms in total. The molecule has 0 bridgehead atoms. The van der Waals surface area contributed by atoms with Gasteiger partial charge in [-0.3, -0.25) is 14.7 Å². The molecule has 0 radical (unpaired) electrons. The molecule has 0 spiro atoms. The second-order valence-corrected chi connectivity index (χ2v) is 7.50. The number of aromatic nitrogens is 5. The molecule has 3 heterocycles. The van der Waals surface area contributed by atoms with Crippen LogP contribution in [-0.4, -0.2) is 31.0 Å². The number of halogens is 3. The number of nitrogens with zero attached hydrogens (tertiary/aromatic N) is 7. The Morgan fingerprint density at radius 3 is 2.58 bits per heavy atom. The third-order valence-electron chi connectivity index (χ3n) is 4.72. The molecule has 0 unspecified atom stereocenters. The van der Waals surface area contributed by atoms with Gasteiger partial charge in [0.25, 0.3) is 5.56 Å². The molecule has 4 aromatic rings. The first-order valence-electron chi connectivity index (χ1n) is 9.39. The summed E-state index contributed by atoms with van der Waals surface area (Å²) in [5.41, 5.74) is 11.1. The van der Waals surface area contributed by atoms with Crippen molar-refractivity contribution in [3.63, 3.8) is 0 Å². The Hall–Kier alpha value is -4.01. The quantitative estimate of drug-likeness (QED) is 0.443. The number of anilines is 4. The van der Waals surface area contributed by atoms with Gasteiger partial charge >= 0.3 is 0 Å². The minimum absolute atomic E-state index is 0.00696. The zero-order chi connectivity index (χ0) is 23.9. The molecule has 1 aromatic carbocycles. The highest BCUT2D eigenvalue weighted by molar-refractivity contribution is 6.39. The summed E-state index contributed by atoms with van der Waals surface area (Å²) in [6, 6.07) is 5.99. The highest BCUT2D eigenvalue weighted by Gasteiger charge is 2.26. The predicted molar refractivity (Wildman–Crippen MR) is 123 cm³/mol. The van der Waals surface area contributed by atoms with Crippen LogP contribution in [0, 0.1) is 17.1 Å². The van der Waals surface area contributed by atoms with Gasteiger partial charge in [0.1, 0.15) is 23.3 Å². The molecule has 0 saturated carbocycles. The van der Waals surface area contributed by atoms with E-state index in [-0.39, 0.29) is 62.3 Å². The average Bonchev–Trinajstić information content (AvgIpc) is 2.76. The number of pyridine rings is 1. The lowest BCUT2D eigenvalue weighted by Crippen LogP contribution is -2.31. The maximum Gasteiger partial charge on any atom is 0.269 e. The molecule has 0 aliphatic carbocycles. The fraction of sp³-hybridized carbons (Fsp3) is 0.100. The van der Waals surface area contributed by atoms with Crippen molar-refractivity contribution in [3.05, 3.63) is 62.4 Å². The maximum atomic E-state index is 14.0. The van der Waals surface area contributed by atoms with Crippen LogP contribution in [-0.2, 0) is 0 Å². The van der Waals surface area contributed by atoms with Crippen molar-refractivity contribution in [2.24, 2.45) is 0 Å². The molecule has 33 heavy (non-hydrogen) atoms. The van der Waals surface area contributed by atoms with E-state index in [1.165, 1.54) is 23.2 Å². The SMILES string of the molecule is CCN(c1nc(N)nc(N)c1C#N)c1nc2c(Cl)ccc(Cl)c2c(=O)n1-c1cncc(F)c1. The van der Waals surface area contributed by atoms with Crippen LogP contribution in [0.1, 0.15) is 12.5 Å². The fourth-order valence-corrected chi connectivity index (χ4v) is 3.75. The van der Waals surface area contributed by atoms with E-state index in [1.807, 2.05) is 6.07 Å². The zero-order valence-corrected chi connectivity index (χ0v) is 18.4. The van der Waals surface area contributed by atoms with E-state index in [9.17, 15) is 14.4 Å². The lowest BCUT2D eigenvalue weighted by molar-refractivity contribution is 0.619. The average molecular weight is 486 g/mol. The number of nitrogens with two attached hydrogens (primary N) is 2. The van der Waals surface area contributed by atoms with Gasteiger partial charge in [-0.2, -0.15) is 15.2 Å². The minimum Gasteiger partial charge on any atom is -0.382 e. The van der Waals surface area contributed by atoms with Crippen LogP contribution >= 0.6 is 23.2 Å². The molecular formula is C20H14Cl2FN9O.